The van der Waals surface area contributed by atoms with Gasteiger partial charge in [-0.25, -0.2) is 0 Å². The van der Waals surface area contributed by atoms with E-state index in [2.05, 4.69) is 13.8 Å². The molecule has 0 aromatic heterocycles. The molecular formula is C20H28O4. The number of hydrogen-bond acceptors (Lipinski definition) is 4. The van der Waals surface area contributed by atoms with Gasteiger partial charge in [0.1, 0.15) is 6.10 Å². The summed E-state index contributed by atoms with van der Waals surface area (Å²) in [6, 6.07) is 1.93. The molecule has 0 unspecified atom stereocenters. The third-order valence-corrected chi connectivity index (χ3v) is 6.69. The summed E-state index contributed by atoms with van der Waals surface area (Å²) in [5.41, 5.74) is 1.94. The van der Waals surface area contributed by atoms with Crippen LogP contribution in [0, 0.1) is 11.3 Å². The van der Waals surface area contributed by atoms with Crippen molar-refractivity contribution in [1.29, 1.82) is 0 Å². The zero-order valence-electron chi connectivity index (χ0n) is 15.0. The van der Waals surface area contributed by atoms with E-state index in [1.807, 2.05) is 19.9 Å². The first-order valence-corrected chi connectivity index (χ1v) is 9.11. The van der Waals surface area contributed by atoms with Gasteiger partial charge >= 0.3 is 0 Å². The van der Waals surface area contributed by atoms with Gasteiger partial charge < -0.3 is 20.1 Å². The van der Waals surface area contributed by atoms with E-state index >= 15 is 0 Å². The van der Waals surface area contributed by atoms with Crippen molar-refractivity contribution in [3.63, 3.8) is 0 Å². The van der Waals surface area contributed by atoms with Crippen LogP contribution >= 0.6 is 0 Å². The normalized spacial score (nSPS) is 36.5. The van der Waals surface area contributed by atoms with Crippen LogP contribution in [-0.2, 0) is 11.2 Å². The van der Waals surface area contributed by atoms with Gasteiger partial charge in [0, 0.05) is 23.5 Å². The lowest BCUT2D eigenvalue weighted by molar-refractivity contribution is -0.114. The van der Waals surface area contributed by atoms with Gasteiger partial charge in [0.05, 0.1) is 11.7 Å². The molecule has 1 saturated heterocycles. The minimum absolute atomic E-state index is 0.00695. The van der Waals surface area contributed by atoms with E-state index in [1.54, 1.807) is 0 Å². The maximum Gasteiger partial charge on any atom is 0.161 e. The monoisotopic (exact) mass is 332 g/mol. The van der Waals surface area contributed by atoms with E-state index in [9.17, 15) is 15.3 Å². The van der Waals surface area contributed by atoms with Crippen molar-refractivity contribution < 1.29 is 20.1 Å². The quantitative estimate of drug-likeness (QED) is 0.685. The topological polar surface area (TPSA) is 69.9 Å². The van der Waals surface area contributed by atoms with Crippen molar-refractivity contribution in [2.24, 2.45) is 11.3 Å². The van der Waals surface area contributed by atoms with Crippen LogP contribution in [-0.4, -0.2) is 27.0 Å². The molecule has 2 aliphatic heterocycles. The summed E-state index contributed by atoms with van der Waals surface area (Å²) in [6.45, 7) is 8.40. The largest absolute Gasteiger partial charge is 0.504 e. The summed E-state index contributed by atoms with van der Waals surface area (Å²) in [5, 5.41) is 32.2. The average molecular weight is 332 g/mol. The van der Waals surface area contributed by atoms with Crippen LogP contribution in [0.1, 0.15) is 75.7 Å². The fourth-order valence-electron chi connectivity index (χ4n) is 5.68. The van der Waals surface area contributed by atoms with Crippen molar-refractivity contribution in [2.75, 3.05) is 0 Å². The highest BCUT2D eigenvalue weighted by Crippen LogP contribution is 2.63. The molecule has 132 valence electrons. The molecule has 2 heterocycles. The number of rotatable bonds is 1. The maximum absolute atomic E-state index is 11.1. The number of fused-ring (bicyclic) bond motifs is 3. The lowest BCUT2D eigenvalue weighted by Crippen LogP contribution is -2.51. The number of ether oxygens (including phenoxy) is 1. The Bertz CT molecular complexity index is 693. The van der Waals surface area contributed by atoms with Crippen LogP contribution < -0.4 is 0 Å². The number of benzene rings is 1. The van der Waals surface area contributed by atoms with E-state index in [4.69, 9.17) is 4.74 Å². The third kappa shape index (κ3) is 1.93. The van der Waals surface area contributed by atoms with Gasteiger partial charge in [-0.15, -0.1) is 0 Å². The molecule has 2 bridgehead atoms. The standard InChI is InChI=1S/C20H28O4/c1-10(2)11-8-12-13(15(22)14(11)21)9-20-7-5-6-19(3,4)18(20)16(23)17(12)24-20/h8,10,16-18,21-23H,5-7,9H2,1-4H3/t16-,17-,18-,20+/m0/s1. The Morgan fingerprint density at radius 3 is 2.54 bits per heavy atom. The molecule has 1 spiro atoms. The lowest BCUT2D eigenvalue weighted by Gasteiger charge is -2.49. The van der Waals surface area contributed by atoms with E-state index in [-0.39, 0.29) is 28.7 Å². The van der Waals surface area contributed by atoms with Gasteiger partial charge in [0.2, 0.25) is 0 Å². The van der Waals surface area contributed by atoms with E-state index in [1.165, 1.54) is 0 Å². The van der Waals surface area contributed by atoms with Crippen LogP contribution in [0.5, 0.6) is 11.5 Å². The second-order valence-corrected chi connectivity index (χ2v) is 8.98. The van der Waals surface area contributed by atoms with Crippen LogP contribution in [0.4, 0.5) is 0 Å². The summed E-state index contributed by atoms with van der Waals surface area (Å²) >= 11 is 0. The minimum Gasteiger partial charge on any atom is -0.504 e. The zero-order chi connectivity index (χ0) is 17.4. The first kappa shape index (κ1) is 16.2. The Morgan fingerprint density at radius 1 is 1.17 bits per heavy atom. The number of phenolic OH excluding ortho intramolecular Hbond substituents is 2. The number of phenols is 2. The Morgan fingerprint density at radius 2 is 1.88 bits per heavy atom. The fourth-order valence-corrected chi connectivity index (χ4v) is 5.68. The number of aliphatic hydroxyl groups is 1. The van der Waals surface area contributed by atoms with E-state index in [0.717, 1.165) is 30.4 Å². The van der Waals surface area contributed by atoms with Crippen LogP contribution in [0.2, 0.25) is 0 Å². The molecule has 4 nitrogen and oxygen atoms in total. The Balaban J connectivity index is 1.90. The van der Waals surface area contributed by atoms with Crippen molar-refractivity contribution in [3.05, 3.63) is 22.8 Å². The van der Waals surface area contributed by atoms with Crippen molar-refractivity contribution in [3.8, 4) is 11.5 Å². The summed E-state index contributed by atoms with van der Waals surface area (Å²) < 4.78 is 6.45. The Hall–Kier alpha value is -1.26. The number of aliphatic hydroxyl groups excluding tert-OH is 1. The van der Waals surface area contributed by atoms with Gasteiger partial charge in [-0.1, -0.05) is 34.1 Å². The Kier molecular flexibility index (Phi) is 3.30. The lowest BCUT2D eigenvalue weighted by atomic mass is 9.59. The van der Waals surface area contributed by atoms with Crippen molar-refractivity contribution in [2.45, 2.75) is 77.1 Å². The van der Waals surface area contributed by atoms with E-state index < -0.39 is 17.8 Å². The van der Waals surface area contributed by atoms with Gasteiger partial charge in [0.15, 0.2) is 11.5 Å². The van der Waals surface area contributed by atoms with Crippen LogP contribution in [0.15, 0.2) is 6.07 Å². The molecule has 1 aromatic rings. The predicted molar refractivity (Wildman–Crippen MR) is 91.3 cm³/mol. The van der Waals surface area contributed by atoms with Gasteiger partial charge in [-0.2, -0.15) is 0 Å². The molecule has 3 aliphatic rings. The summed E-state index contributed by atoms with van der Waals surface area (Å²) in [4.78, 5) is 0. The van der Waals surface area contributed by atoms with Crippen LogP contribution in [0.25, 0.3) is 0 Å². The van der Waals surface area contributed by atoms with Crippen molar-refractivity contribution >= 4 is 0 Å². The molecule has 0 radical (unpaired) electrons. The van der Waals surface area contributed by atoms with Gasteiger partial charge in [0.25, 0.3) is 0 Å². The fraction of sp³-hybridized carbons (Fsp3) is 0.700. The summed E-state index contributed by atoms with van der Waals surface area (Å²) in [5.74, 6) is 0.122. The molecule has 1 aromatic carbocycles. The molecule has 4 rings (SSSR count). The second-order valence-electron chi connectivity index (χ2n) is 8.98. The summed E-state index contributed by atoms with van der Waals surface area (Å²) in [6.07, 6.45) is 2.65. The molecule has 4 heteroatoms. The smallest absolute Gasteiger partial charge is 0.161 e. The SMILES string of the molecule is CC(C)c1cc2c(c(O)c1O)C[C@]13CCCC(C)(C)[C@@H]1[C@@H](O)[C@H]2O3. The van der Waals surface area contributed by atoms with E-state index in [0.29, 0.717) is 12.0 Å². The molecule has 2 fully saturated rings. The average Bonchev–Trinajstić information content (AvgIpc) is 2.73. The molecule has 4 atom stereocenters. The van der Waals surface area contributed by atoms with Crippen LogP contribution in [0.3, 0.4) is 0 Å². The highest BCUT2D eigenvalue weighted by atomic mass is 16.5. The molecule has 0 amide bonds. The maximum atomic E-state index is 11.1. The molecular weight excluding hydrogens is 304 g/mol. The first-order chi connectivity index (χ1) is 11.2. The minimum atomic E-state index is -0.564. The molecule has 3 N–H and O–H groups in total. The van der Waals surface area contributed by atoms with Gasteiger partial charge in [-0.05, 0) is 35.8 Å². The van der Waals surface area contributed by atoms with Crippen molar-refractivity contribution in [1.82, 2.24) is 0 Å². The highest BCUT2D eigenvalue weighted by molar-refractivity contribution is 5.58. The molecule has 1 aliphatic carbocycles. The predicted octanol–water partition coefficient (Wildman–Crippen LogP) is 3.77. The Labute approximate surface area is 143 Å². The first-order valence-electron chi connectivity index (χ1n) is 9.11. The van der Waals surface area contributed by atoms with Gasteiger partial charge in [-0.3, -0.25) is 0 Å². The molecule has 1 saturated carbocycles. The number of aromatic hydroxyl groups is 2. The number of hydrogen-bond donors (Lipinski definition) is 3. The summed E-state index contributed by atoms with van der Waals surface area (Å²) in [7, 11) is 0. The third-order valence-electron chi connectivity index (χ3n) is 6.69. The highest BCUT2D eigenvalue weighted by Gasteiger charge is 2.64. The second kappa shape index (κ2) is 4.89. The zero-order valence-corrected chi connectivity index (χ0v) is 15.0. The molecule has 24 heavy (non-hydrogen) atoms.